The quantitative estimate of drug-likeness (QED) is 0.280. The van der Waals surface area contributed by atoms with Crippen LogP contribution in [0.25, 0.3) is 22.6 Å². The Morgan fingerprint density at radius 1 is 0.857 bits per heavy atom. The Hall–Kier alpha value is -3.86. The van der Waals surface area contributed by atoms with Crippen LogP contribution in [0.5, 0.6) is 0 Å². The number of hydrazone groups is 1. The van der Waals surface area contributed by atoms with Crippen LogP contribution in [-0.4, -0.2) is 10.7 Å². The van der Waals surface area contributed by atoms with Gasteiger partial charge in [-0.25, -0.2) is 5.43 Å². The molecular weight excluding hydrogens is 348 g/mol. The van der Waals surface area contributed by atoms with Crippen LogP contribution in [0.3, 0.4) is 0 Å². The lowest BCUT2D eigenvalue weighted by Crippen LogP contribution is -2.03. The molecule has 0 aliphatic rings. The molecule has 138 valence electrons. The van der Waals surface area contributed by atoms with Gasteiger partial charge < -0.3 is 10.2 Å². The van der Waals surface area contributed by atoms with Crippen LogP contribution in [0.4, 0.5) is 11.7 Å². The SMILES string of the molecule is C/C(=N\Nc1nc(-c2ccccc2)c(-c2ccccc2)o1)c1ccccc1N. The van der Waals surface area contributed by atoms with E-state index in [2.05, 4.69) is 15.5 Å². The van der Waals surface area contributed by atoms with Crippen molar-refractivity contribution in [3.05, 3.63) is 90.5 Å². The van der Waals surface area contributed by atoms with Gasteiger partial charge in [0, 0.05) is 22.4 Å². The number of para-hydroxylation sites is 1. The maximum atomic E-state index is 6.02. The van der Waals surface area contributed by atoms with E-state index < -0.39 is 0 Å². The molecule has 3 aromatic carbocycles. The van der Waals surface area contributed by atoms with Gasteiger partial charge in [0.15, 0.2) is 5.76 Å². The third-order valence-electron chi connectivity index (χ3n) is 4.38. The summed E-state index contributed by atoms with van der Waals surface area (Å²) in [5, 5.41) is 4.40. The molecule has 0 spiro atoms. The highest BCUT2D eigenvalue weighted by atomic mass is 16.4. The molecule has 5 nitrogen and oxygen atoms in total. The molecule has 0 fully saturated rings. The van der Waals surface area contributed by atoms with Crippen molar-refractivity contribution < 1.29 is 4.42 Å². The Morgan fingerprint density at radius 3 is 2.14 bits per heavy atom. The number of anilines is 2. The van der Waals surface area contributed by atoms with Crippen molar-refractivity contribution in [3.8, 4) is 22.6 Å². The molecule has 4 rings (SSSR count). The summed E-state index contributed by atoms with van der Waals surface area (Å²) >= 11 is 0. The standard InChI is InChI=1S/C23H20N4O/c1-16(19-14-8-9-15-20(19)24)26-27-23-25-21(17-10-4-2-5-11-17)22(28-23)18-12-6-3-7-13-18/h2-15H,24H2,1H3,(H,25,27)/b26-16+. The van der Waals surface area contributed by atoms with Gasteiger partial charge >= 0.3 is 6.01 Å². The zero-order valence-electron chi connectivity index (χ0n) is 15.5. The van der Waals surface area contributed by atoms with Gasteiger partial charge in [0.25, 0.3) is 0 Å². The maximum absolute atomic E-state index is 6.02. The van der Waals surface area contributed by atoms with Crippen LogP contribution in [0, 0.1) is 0 Å². The summed E-state index contributed by atoms with van der Waals surface area (Å²) in [7, 11) is 0. The summed E-state index contributed by atoms with van der Waals surface area (Å²) in [5.41, 5.74) is 13.9. The van der Waals surface area contributed by atoms with Gasteiger partial charge in [-0.05, 0) is 13.0 Å². The molecule has 0 bridgehead atoms. The van der Waals surface area contributed by atoms with Crippen molar-refractivity contribution in [1.82, 2.24) is 4.98 Å². The van der Waals surface area contributed by atoms with E-state index in [9.17, 15) is 0 Å². The molecule has 5 heteroatoms. The Bertz CT molecular complexity index is 1040. The molecular formula is C23H20N4O. The highest BCUT2D eigenvalue weighted by Crippen LogP contribution is 2.34. The predicted molar refractivity (Wildman–Crippen MR) is 114 cm³/mol. The fraction of sp³-hybridized carbons (Fsp3) is 0.0435. The summed E-state index contributed by atoms with van der Waals surface area (Å²) in [6, 6.07) is 27.8. The lowest BCUT2D eigenvalue weighted by atomic mass is 10.1. The van der Waals surface area contributed by atoms with E-state index >= 15 is 0 Å². The zero-order valence-corrected chi connectivity index (χ0v) is 15.5. The van der Waals surface area contributed by atoms with E-state index in [1.54, 1.807) is 0 Å². The Kier molecular flexibility index (Phi) is 4.89. The number of nitrogens with one attached hydrogen (secondary N) is 1. The van der Waals surface area contributed by atoms with Gasteiger partial charge in [0.2, 0.25) is 0 Å². The van der Waals surface area contributed by atoms with Crippen LogP contribution in [0.15, 0.2) is 94.4 Å². The number of hydrogen-bond donors (Lipinski definition) is 2. The summed E-state index contributed by atoms with van der Waals surface area (Å²) in [6.07, 6.45) is 0. The smallest absolute Gasteiger partial charge is 0.316 e. The van der Waals surface area contributed by atoms with Crippen LogP contribution < -0.4 is 11.2 Å². The molecule has 1 heterocycles. The van der Waals surface area contributed by atoms with Gasteiger partial charge in [0.05, 0.1) is 5.71 Å². The first kappa shape index (κ1) is 17.5. The summed E-state index contributed by atoms with van der Waals surface area (Å²) < 4.78 is 6.01. The normalized spacial score (nSPS) is 11.4. The molecule has 0 aliphatic carbocycles. The molecule has 1 aromatic heterocycles. The van der Waals surface area contributed by atoms with E-state index in [-0.39, 0.29) is 0 Å². The van der Waals surface area contributed by atoms with Crippen LogP contribution >= 0.6 is 0 Å². The minimum atomic E-state index is 0.326. The Labute approximate surface area is 163 Å². The van der Waals surface area contributed by atoms with Gasteiger partial charge in [-0.3, -0.25) is 0 Å². The first-order valence-electron chi connectivity index (χ1n) is 8.99. The first-order valence-corrected chi connectivity index (χ1v) is 8.99. The Morgan fingerprint density at radius 2 is 1.46 bits per heavy atom. The summed E-state index contributed by atoms with van der Waals surface area (Å²) in [4.78, 5) is 4.63. The van der Waals surface area contributed by atoms with E-state index in [4.69, 9.17) is 10.2 Å². The second kappa shape index (κ2) is 7.80. The largest absolute Gasteiger partial charge is 0.422 e. The molecule has 0 saturated heterocycles. The minimum Gasteiger partial charge on any atom is -0.422 e. The van der Waals surface area contributed by atoms with Crippen LogP contribution in [0.2, 0.25) is 0 Å². The zero-order chi connectivity index (χ0) is 19.3. The van der Waals surface area contributed by atoms with Crippen molar-refractivity contribution in [2.75, 3.05) is 11.2 Å². The van der Waals surface area contributed by atoms with Crippen molar-refractivity contribution in [2.45, 2.75) is 6.92 Å². The number of hydrogen-bond acceptors (Lipinski definition) is 5. The molecule has 0 amide bonds. The van der Waals surface area contributed by atoms with Crippen molar-refractivity contribution in [1.29, 1.82) is 0 Å². The monoisotopic (exact) mass is 368 g/mol. The fourth-order valence-electron chi connectivity index (χ4n) is 2.96. The van der Waals surface area contributed by atoms with Gasteiger partial charge in [-0.2, -0.15) is 10.1 Å². The molecule has 0 aliphatic heterocycles. The Balaban J connectivity index is 1.70. The van der Waals surface area contributed by atoms with E-state index in [0.29, 0.717) is 17.5 Å². The van der Waals surface area contributed by atoms with E-state index in [1.807, 2.05) is 91.9 Å². The summed E-state index contributed by atoms with van der Waals surface area (Å²) in [6.45, 7) is 1.89. The average Bonchev–Trinajstić information content (AvgIpc) is 3.18. The molecule has 3 N–H and O–H groups in total. The molecule has 0 radical (unpaired) electrons. The molecule has 4 aromatic rings. The van der Waals surface area contributed by atoms with Crippen LogP contribution in [0.1, 0.15) is 12.5 Å². The lowest BCUT2D eigenvalue weighted by Gasteiger charge is -2.04. The van der Waals surface area contributed by atoms with Crippen LogP contribution in [-0.2, 0) is 0 Å². The lowest BCUT2D eigenvalue weighted by molar-refractivity contribution is 0.587. The second-order valence-corrected chi connectivity index (χ2v) is 6.33. The fourth-order valence-corrected chi connectivity index (χ4v) is 2.96. The highest BCUT2D eigenvalue weighted by Gasteiger charge is 2.16. The van der Waals surface area contributed by atoms with E-state index in [1.165, 1.54) is 0 Å². The number of benzene rings is 3. The number of oxazole rings is 1. The van der Waals surface area contributed by atoms with Crippen molar-refractivity contribution in [2.24, 2.45) is 5.10 Å². The van der Waals surface area contributed by atoms with Crippen molar-refractivity contribution >= 4 is 17.4 Å². The maximum Gasteiger partial charge on any atom is 0.316 e. The molecule has 0 saturated carbocycles. The molecule has 0 unspecified atom stereocenters. The van der Waals surface area contributed by atoms with Gasteiger partial charge in [-0.15, -0.1) is 0 Å². The molecule has 28 heavy (non-hydrogen) atoms. The number of nitrogen functional groups attached to an aromatic ring is 1. The second-order valence-electron chi connectivity index (χ2n) is 6.33. The number of nitrogens with zero attached hydrogens (tertiary/aromatic N) is 2. The highest BCUT2D eigenvalue weighted by molar-refractivity contribution is 6.03. The third-order valence-corrected chi connectivity index (χ3v) is 4.38. The minimum absolute atomic E-state index is 0.326. The van der Waals surface area contributed by atoms with Gasteiger partial charge in [-0.1, -0.05) is 78.9 Å². The third kappa shape index (κ3) is 3.64. The van der Waals surface area contributed by atoms with Crippen molar-refractivity contribution in [3.63, 3.8) is 0 Å². The van der Waals surface area contributed by atoms with Gasteiger partial charge in [0.1, 0.15) is 5.69 Å². The molecule has 0 atom stereocenters. The topological polar surface area (TPSA) is 76.4 Å². The average molecular weight is 368 g/mol. The first-order chi connectivity index (χ1) is 13.7. The number of rotatable bonds is 5. The number of nitrogens with two attached hydrogens (primary N) is 1. The predicted octanol–water partition coefficient (Wildman–Crippen LogP) is 5.43. The van der Waals surface area contributed by atoms with E-state index in [0.717, 1.165) is 28.1 Å². The number of aromatic nitrogens is 1. The summed E-state index contributed by atoms with van der Waals surface area (Å²) in [5.74, 6) is 0.696.